The molecule has 69 heavy (non-hydrogen) atoms. The molecule has 17 heteroatoms. The second-order valence-electron chi connectivity index (χ2n) is 20.0. The second kappa shape index (κ2) is 19.1. The number of benzene rings is 3. The van der Waals surface area contributed by atoms with Crippen molar-refractivity contribution < 1.29 is 28.7 Å². The van der Waals surface area contributed by atoms with Crippen LogP contribution in [0, 0.1) is 5.92 Å². The maximum atomic E-state index is 13.8. The number of piperazine rings is 1. The number of nitrogens with zero attached hydrogens (tertiary/aromatic N) is 8. The van der Waals surface area contributed by atoms with Crippen molar-refractivity contribution in [3.05, 3.63) is 89.5 Å². The van der Waals surface area contributed by atoms with Crippen LogP contribution in [0.2, 0.25) is 0 Å². The van der Waals surface area contributed by atoms with Gasteiger partial charge in [-0.1, -0.05) is 18.2 Å². The van der Waals surface area contributed by atoms with E-state index >= 15 is 0 Å². The molecule has 0 bridgehead atoms. The molecule has 4 aromatic rings. The summed E-state index contributed by atoms with van der Waals surface area (Å²) in [6.07, 6.45) is 7.72. The fourth-order valence-corrected chi connectivity index (χ4v) is 12.3. The average molecular weight is 938 g/mol. The Hall–Kier alpha value is -6.46. The number of primary amides is 1. The number of rotatable bonds is 9. The van der Waals surface area contributed by atoms with E-state index in [-0.39, 0.29) is 36.2 Å². The molecule has 4 N–H and O–H groups in total. The van der Waals surface area contributed by atoms with Crippen LogP contribution in [0.25, 0.3) is 11.3 Å². The largest absolute Gasteiger partial charge is 0.457 e. The van der Waals surface area contributed by atoms with Crippen LogP contribution in [0.15, 0.2) is 72.8 Å². The van der Waals surface area contributed by atoms with Crippen LogP contribution in [0.5, 0.6) is 11.5 Å². The molecule has 2 unspecified atom stereocenters. The van der Waals surface area contributed by atoms with E-state index in [0.717, 1.165) is 145 Å². The summed E-state index contributed by atoms with van der Waals surface area (Å²) >= 11 is 0. The lowest BCUT2D eigenvalue weighted by molar-refractivity contribution is -0.136. The first kappa shape index (κ1) is 45.0. The van der Waals surface area contributed by atoms with Gasteiger partial charge in [-0.15, -0.1) is 0 Å². The molecule has 8 heterocycles. The number of nitrogens with one attached hydrogen (secondary N) is 2. The molecule has 0 saturated carbocycles. The lowest BCUT2D eigenvalue weighted by Crippen LogP contribution is -2.58. The Morgan fingerprint density at radius 3 is 2.06 bits per heavy atom. The summed E-state index contributed by atoms with van der Waals surface area (Å²) in [6.45, 7) is 9.88. The van der Waals surface area contributed by atoms with Crippen molar-refractivity contribution in [2.24, 2.45) is 11.7 Å². The second-order valence-corrected chi connectivity index (χ2v) is 20.0. The number of likely N-dealkylation sites (tertiary alicyclic amines) is 2. The summed E-state index contributed by atoms with van der Waals surface area (Å²) in [6, 6.07) is 24.0. The molecule has 7 aliphatic heterocycles. The first-order valence-corrected chi connectivity index (χ1v) is 25.2. The number of ether oxygens (including phenoxy) is 1. The third kappa shape index (κ3) is 9.02. The van der Waals surface area contributed by atoms with Crippen molar-refractivity contribution in [3.8, 4) is 22.8 Å². The van der Waals surface area contributed by atoms with Crippen molar-refractivity contribution in [3.63, 3.8) is 0 Å². The van der Waals surface area contributed by atoms with Crippen LogP contribution in [0.3, 0.4) is 0 Å². The average Bonchev–Trinajstić information content (AvgIpc) is 3.94. The third-order valence-corrected chi connectivity index (χ3v) is 16.1. The zero-order valence-electron chi connectivity index (χ0n) is 39.3. The molecule has 1 aromatic heterocycles. The smallest absolute Gasteiger partial charge is 0.320 e. The number of hydrogen-bond donors (Lipinski definition) is 3. The van der Waals surface area contributed by atoms with Crippen molar-refractivity contribution in [2.75, 3.05) is 82.2 Å². The molecule has 362 valence electrons. The highest BCUT2D eigenvalue weighted by molar-refractivity contribution is 6.06. The molecular formula is C52H63N11O6. The fourth-order valence-electron chi connectivity index (χ4n) is 12.3. The van der Waals surface area contributed by atoms with Crippen molar-refractivity contribution >= 4 is 41.2 Å². The molecule has 11 rings (SSSR count). The number of urea groups is 1. The predicted octanol–water partition coefficient (Wildman–Crippen LogP) is 5.14. The Balaban J connectivity index is 0.623. The van der Waals surface area contributed by atoms with Gasteiger partial charge in [-0.05, 0) is 131 Å². The summed E-state index contributed by atoms with van der Waals surface area (Å²) in [5, 5.41) is 10.9. The highest BCUT2D eigenvalue weighted by Crippen LogP contribution is 2.41. The van der Waals surface area contributed by atoms with Gasteiger partial charge in [0.05, 0.1) is 6.04 Å². The molecule has 0 spiro atoms. The van der Waals surface area contributed by atoms with Crippen molar-refractivity contribution in [2.45, 2.75) is 88.5 Å². The van der Waals surface area contributed by atoms with E-state index in [1.807, 2.05) is 71.4 Å². The fraction of sp³-hybridized carbons (Fsp3) is 0.500. The number of hydrogen-bond acceptors (Lipinski definition) is 11. The number of para-hydroxylation sites is 1. The Bertz CT molecular complexity index is 2570. The minimum Gasteiger partial charge on any atom is -0.457 e. The Labute approximate surface area is 402 Å². The number of carbonyl (C=O) groups excluding carboxylic acids is 5. The van der Waals surface area contributed by atoms with Gasteiger partial charge in [0.2, 0.25) is 11.8 Å². The Kier molecular flexibility index (Phi) is 12.5. The monoisotopic (exact) mass is 937 g/mol. The molecule has 0 radical (unpaired) electrons. The molecule has 0 aliphatic carbocycles. The van der Waals surface area contributed by atoms with E-state index < -0.39 is 11.9 Å². The first-order chi connectivity index (χ1) is 33.6. The van der Waals surface area contributed by atoms with Crippen molar-refractivity contribution in [1.82, 2.24) is 39.6 Å². The quantitative estimate of drug-likeness (QED) is 0.189. The first-order valence-electron chi connectivity index (χ1n) is 25.2. The maximum Gasteiger partial charge on any atom is 0.320 e. The standard InChI is InChI=1S/C52H63N11O6/c53-48(65)46-47(35-6-9-41(10-7-35)69-40-4-2-1-3-5-40)56-63-43(14-21-54-49(46)63)34-15-22-57(23-16-34)37-19-26-60(27-20-37)52(68)61-30-28-59(29-31-61)38-17-24-58(25-18-38)39-8-11-42-36(32-39)33-62(51(42)67)44-12-13-45(64)55-50(44)66/h1-11,32,34,37-38,43-44,54H,12-31,33H2,(H2,53,65)(H,55,64,66). The van der Waals surface area contributed by atoms with E-state index in [9.17, 15) is 24.0 Å². The van der Waals surface area contributed by atoms with Crippen molar-refractivity contribution in [1.29, 1.82) is 0 Å². The molecule has 7 aliphatic rings. The predicted molar refractivity (Wildman–Crippen MR) is 260 cm³/mol. The molecule has 3 aromatic carbocycles. The van der Waals surface area contributed by atoms with Gasteiger partial charge < -0.3 is 40.3 Å². The minimum atomic E-state index is -0.610. The highest BCUT2D eigenvalue weighted by atomic mass is 16.5. The minimum absolute atomic E-state index is 0.143. The number of anilines is 2. The molecule has 5 fully saturated rings. The summed E-state index contributed by atoms with van der Waals surface area (Å²) in [5.41, 5.74) is 10.6. The van der Waals surface area contributed by atoms with Gasteiger partial charge in [0.25, 0.3) is 11.8 Å². The molecule has 5 saturated heterocycles. The Morgan fingerprint density at radius 2 is 1.36 bits per heavy atom. The highest BCUT2D eigenvalue weighted by Gasteiger charge is 2.41. The third-order valence-electron chi connectivity index (χ3n) is 16.1. The van der Waals surface area contributed by atoms with Gasteiger partial charge >= 0.3 is 6.03 Å². The van der Waals surface area contributed by atoms with Gasteiger partial charge in [-0.25, -0.2) is 9.48 Å². The number of nitrogens with two attached hydrogens (primary N) is 1. The summed E-state index contributed by atoms with van der Waals surface area (Å²) in [7, 11) is 0. The van der Waals surface area contributed by atoms with Crippen LogP contribution in [0.1, 0.15) is 90.1 Å². The number of imide groups is 1. The van der Waals surface area contributed by atoms with Crippen LogP contribution in [-0.4, -0.2) is 154 Å². The number of amides is 6. The number of piperidine rings is 4. The molecule has 17 nitrogen and oxygen atoms in total. The van der Waals surface area contributed by atoms with E-state index in [1.54, 1.807) is 4.90 Å². The van der Waals surface area contributed by atoms with E-state index in [4.69, 9.17) is 15.6 Å². The van der Waals surface area contributed by atoms with E-state index in [1.165, 1.54) is 0 Å². The van der Waals surface area contributed by atoms with Crippen LogP contribution in [-0.2, 0) is 16.1 Å². The van der Waals surface area contributed by atoms with E-state index in [2.05, 4.69) is 41.2 Å². The van der Waals surface area contributed by atoms with Gasteiger partial charge in [0, 0.05) is 101 Å². The number of carbonyl (C=O) groups is 5. The summed E-state index contributed by atoms with van der Waals surface area (Å²) < 4.78 is 8.05. The number of aromatic nitrogens is 2. The van der Waals surface area contributed by atoms with Gasteiger partial charge in [0.1, 0.15) is 34.6 Å². The zero-order chi connectivity index (χ0) is 47.2. The normalized spacial score (nSPS) is 23.4. The van der Waals surface area contributed by atoms with E-state index in [0.29, 0.717) is 53.5 Å². The van der Waals surface area contributed by atoms with Gasteiger partial charge in [-0.3, -0.25) is 29.4 Å². The topological polar surface area (TPSA) is 182 Å². The SMILES string of the molecule is NC(=O)c1c(-c2ccc(Oc3ccccc3)cc2)nn2c1NCCC2C1CCN(C2CCN(C(=O)N3CCN(C4CCN(c5ccc6c(c5)CN(C5CCC(=O)NC5=O)C6=O)CC4)CC3)CC2)CC1. The Morgan fingerprint density at radius 1 is 0.696 bits per heavy atom. The lowest BCUT2D eigenvalue weighted by Gasteiger charge is -2.46. The van der Waals surface area contributed by atoms with Crippen LogP contribution >= 0.6 is 0 Å². The van der Waals surface area contributed by atoms with Crippen LogP contribution < -0.4 is 26.0 Å². The van der Waals surface area contributed by atoms with Gasteiger partial charge in [0.15, 0.2) is 0 Å². The molecule has 6 amide bonds. The zero-order valence-corrected chi connectivity index (χ0v) is 39.3. The molecular weight excluding hydrogens is 875 g/mol. The summed E-state index contributed by atoms with van der Waals surface area (Å²) in [5.74, 6) is 1.31. The maximum absolute atomic E-state index is 13.8. The molecule has 2 atom stereocenters. The summed E-state index contributed by atoms with van der Waals surface area (Å²) in [4.78, 5) is 77.5. The van der Waals surface area contributed by atoms with Gasteiger partial charge in [-0.2, -0.15) is 5.10 Å². The number of fused-ring (bicyclic) bond motifs is 2. The van der Waals surface area contributed by atoms with Crippen LogP contribution in [0.4, 0.5) is 16.3 Å². The lowest BCUT2D eigenvalue weighted by atomic mass is 9.85.